The second kappa shape index (κ2) is 12.4. The molecule has 172 valence electrons. The van der Waals surface area contributed by atoms with E-state index in [1.807, 2.05) is 49.4 Å². The summed E-state index contributed by atoms with van der Waals surface area (Å²) in [5.74, 6) is 5.52. The van der Waals surface area contributed by atoms with Crippen molar-refractivity contribution in [3.8, 4) is 28.7 Å². The van der Waals surface area contributed by atoms with Gasteiger partial charge in [0, 0.05) is 41.2 Å². The Kier molecular flexibility index (Phi) is 9.33. The van der Waals surface area contributed by atoms with E-state index in [9.17, 15) is 5.11 Å². The quantitative estimate of drug-likeness (QED) is 0.291. The molecular formula is C28H28ClFO3. The maximum Gasteiger partial charge on any atom is 0.174 e. The van der Waals surface area contributed by atoms with Crippen LogP contribution in [0.2, 0.25) is 5.02 Å². The summed E-state index contributed by atoms with van der Waals surface area (Å²) in [6.45, 7) is 2.53. The zero-order chi connectivity index (χ0) is 23.6. The van der Waals surface area contributed by atoms with Crippen LogP contribution < -0.4 is 4.74 Å². The van der Waals surface area contributed by atoms with E-state index in [1.165, 1.54) is 0 Å². The fourth-order valence-electron chi connectivity index (χ4n) is 3.59. The molecule has 0 aliphatic heterocycles. The average molecular weight is 467 g/mol. The molecular weight excluding hydrogens is 439 g/mol. The molecule has 0 aromatic heterocycles. The Balaban J connectivity index is 2.14. The normalized spacial score (nSPS) is 11.5. The molecule has 1 unspecified atom stereocenters. The first-order valence-electron chi connectivity index (χ1n) is 11.0. The summed E-state index contributed by atoms with van der Waals surface area (Å²) >= 11 is 6.57. The van der Waals surface area contributed by atoms with Crippen LogP contribution in [0, 0.1) is 17.7 Å². The van der Waals surface area contributed by atoms with Crippen LogP contribution in [0.5, 0.6) is 5.75 Å². The van der Waals surface area contributed by atoms with Gasteiger partial charge in [-0.05, 0) is 41.8 Å². The van der Waals surface area contributed by atoms with Gasteiger partial charge in [0.05, 0.1) is 13.2 Å². The summed E-state index contributed by atoms with van der Waals surface area (Å²) < 4.78 is 26.3. The Hall–Kier alpha value is -2.84. The number of benzene rings is 3. The minimum Gasteiger partial charge on any atom is -0.488 e. The van der Waals surface area contributed by atoms with Crippen molar-refractivity contribution in [1.82, 2.24) is 0 Å². The van der Waals surface area contributed by atoms with Crippen LogP contribution in [0.4, 0.5) is 4.39 Å². The summed E-state index contributed by atoms with van der Waals surface area (Å²) in [4.78, 5) is 0. The van der Waals surface area contributed by atoms with E-state index in [4.69, 9.17) is 21.1 Å². The van der Waals surface area contributed by atoms with Gasteiger partial charge in [-0.2, -0.15) is 0 Å². The van der Waals surface area contributed by atoms with E-state index in [-0.39, 0.29) is 24.9 Å². The molecule has 0 aliphatic carbocycles. The number of rotatable bonds is 9. The number of ether oxygens (including phenoxy) is 2. The van der Waals surface area contributed by atoms with Crippen molar-refractivity contribution in [2.75, 3.05) is 26.9 Å². The van der Waals surface area contributed by atoms with E-state index in [0.717, 1.165) is 17.5 Å². The number of unbranched alkanes of at least 4 members (excludes halogenated alkanes) is 1. The summed E-state index contributed by atoms with van der Waals surface area (Å²) in [6.07, 6.45) is 1.62. The van der Waals surface area contributed by atoms with Gasteiger partial charge in [0.25, 0.3) is 0 Å². The van der Waals surface area contributed by atoms with E-state index >= 15 is 4.39 Å². The molecule has 3 aromatic carbocycles. The van der Waals surface area contributed by atoms with Crippen LogP contribution in [-0.4, -0.2) is 32.0 Å². The minimum absolute atomic E-state index is 0.0864. The van der Waals surface area contributed by atoms with Gasteiger partial charge in [0.1, 0.15) is 6.61 Å². The maximum atomic E-state index is 15.7. The van der Waals surface area contributed by atoms with Gasteiger partial charge in [0.15, 0.2) is 11.6 Å². The first kappa shape index (κ1) is 24.8. The Bertz CT molecular complexity index is 1120. The fraction of sp³-hybridized carbons (Fsp3) is 0.286. The lowest BCUT2D eigenvalue weighted by Crippen LogP contribution is -2.08. The standard InChI is InChI=1S/C28H28ClFO3/c1-3-4-6-11-21-13-15-26(33-17-16-32-2)28(30)27(21)23-18-22(12-14-25(23)29)24(19-31)20-9-7-5-8-10-20/h5,7-10,12-15,18,24,31H,3-4,16-17,19H2,1-2H3. The highest BCUT2D eigenvalue weighted by Crippen LogP contribution is 2.39. The van der Waals surface area contributed by atoms with E-state index in [1.54, 1.807) is 25.3 Å². The van der Waals surface area contributed by atoms with Gasteiger partial charge in [0.2, 0.25) is 0 Å². The second-order valence-electron chi connectivity index (χ2n) is 7.58. The molecule has 0 heterocycles. The molecule has 0 fully saturated rings. The molecule has 0 saturated carbocycles. The zero-order valence-corrected chi connectivity index (χ0v) is 19.7. The zero-order valence-electron chi connectivity index (χ0n) is 18.9. The van der Waals surface area contributed by atoms with Crippen LogP contribution >= 0.6 is 11.6 Å². The van der Waals surface area contributed by atoms with Gasteiger partial charge in [-0.15, -0.1) is 0 Å². The van der Waals surface area contributed by atoms with Gasteiger partial charge < -0.3 is 14.6 Å². The Morgan fingerprint density at radius 2 is 1.82 bits per heavy atom. The summed E-state index contributed by atoms with van der Waals surface area (Å²) in [7, 11) is 1.56. The maximum absolute atomic E-state index is 15.7. The molecule has 1 N–H and O–H groups in total. The number of halogens is 2. The summed E-state index contributed by atoms with van der Waals surface area (Å²) in [6, 6.07) is 18.5. The number of hydrogen-bond donors (Lipinski definition) is 1. The largest absolute Gasteiger partial charge is 0.488 e. The van der Waals surface area contributed by atoms with Crippen LogP contribution in [-0.2, 0) is 4.74 Å². The second-order valence-corrected chi connectivity index (χ2v) is 7.99. The van der Waals surface area contributed by atoms with Crippen molar-refractivity contribution >= 4 is 11.6 Å². The molecule has 3 nitrogen and oxygen atoms in total. The summed E-state index contributed by atoms with van der Waals surface area (Å²) in [5.41, 5.74) is 3.15. The van der Waals surface area contributed by atoms with Crippen LogP contribution in [0.25, 0.3) is 11.1 Å². The van der Waals surface area contributed by atoms with Crippen molar-refractivity contribution < 1.29 is 19.0 Å². The van der Waals surface area contributed by atoms with E-state index < -0.39 is 5.82 Å². The van der Waals surface area contributed by atoms with Gasteiger partial charge in [-0.25, -0.2) is 4.39 Å². The van der Waals surface area contributed by atoms with E-state index in [2.05, 4.69) is 11.8 Å². The third-order valence-electron chi connectivity index (χ3n) is 5.30. The molecule has 0 radical (unpaired) electrons. The lowest BCUT2D eigenvalue weighted by atomic mass is 9.89. The third kappa shape index (κ3) is 6.15. The molecule has 5 heteroatoms. The highest BCUT2D eigenvalue weighted by Gasteiger charge is 2.21. The molecule has 3 aromatic rings. The van der Waals surface area contributed by atoms with Crippen molar-refractivity contribution in [3.05, 3.63) is 88.2 Å². The Morgan fingerprint density at radius 1 is 1.03 bits per heavy atom. The van der Waals surface area contributed by atoms with E-state index in [0.29, 0.717) is 34.7 Å². The first-order valence-corrected chi connectivity index (χ1v) is 11.4. The SMILES string of the molecule is CCCC#Cc1ccc(OCCOC)c(F)c1-c1cc(C(CO)c2ccccc2)ccc1Cl. The molecule has 0 saturated heterocycles. The van der Waals surface area contributed by atoms with Crippen LogP contribution in [0.15, 0.2) is 60.7 Å². The van der Waals surface area contributed by atoms with Gasteiger partial charge in [-0.1, -0.05) is 66.8 Å². The lowest BCUT2D eigenvalue weighted by molar-refractivity contribution is 0.144. The highest BCUT2D eigenvalue weighted by atomic mass is 35.5. The Morgan fingerprint density at radius 3 is 2.52 bits per heavy atom. The van der Waals surface area contributed by atoms with Crippen LogP contribution in [0.3, 0.4) is 0 Å². The summed E-state index contributed by atoms with van der Waals surface area (Å²) in [5, 5.41) is 10.5. The molecule has 33 heavy (non-hydrogen) atoms. The van der Waals surface area contributed by atoms with Gasteiger partial charge in [-0.3, -0.25) is 0 Å². The number of aliphatic hydroxyl groups is 1. The van der Waals surface area contributed by atoms with Crippen molar-refractivity contribution in [3.63, 3.8) is 0 Å². The third-order valence-corrected chi connectivity index (χ3v) is 5.63. The number of hydrogen-bond acceptors (Lipinski definition) is 3. The fourth-order valence-corrected chi connectivity index (χ4v) is 3.81. The number of methoxy groups -OCH3 is 1. The van der Waals surface area contributed by atoms with Crippen LogP contribution in [0.1, 0.15) is 42.4 Å². The predicted octanol–water partition coefficient (Wildman–Crippen LogP) is 6.45. The highest BCUT2D eigenvalue weighted by molar-refractivity contribution is 6.33. The Labute approximate surface area is 200 Å². The average Bonchev–Trinajstić information content (AvgIpc) is 2.83. The topological polar surface area (TPSA) is 38.7 Å². The molecule has 0 aliphatic rings. The molecule has 3 rings (SSSR count). The van der Waals surface area contributed by atoms with Crippen molar-refractivity contribution in [2.24, 2.45) is 0 Å². The molecule has 0 spiro atoms. The smallest absolute Gasteiger partial charge is 0.174 e. The van der Waals surface area contributed by atoms with Crippen molar-refractivity contribution in [1.29, 1.82) is 0 Å². The van der Waals surface area contributed by atoms with Gasteiger partial charge >= 0.3 is 0 Å². The molecule has 1 atom stereocenters. The van der Waals surface area contributed by atoms with Crippen molar-refractivity contribution in [2.45, 2.75) is 25.7 Å². The monoisotopic (exact) mass is 466 g/mol. The predicted molar refractivity (Wildman–Crippen MR) is 131 cm³/mol. The minimum atomic E-state index is -0.520. The molecule has 0 amide bonds. The first-order chi connectivity index (χ1) is 16.1. The number of aliphatic hydroxyl groups excluding tert-OH is 1. The lowest BCUT2D eigenvalue weighted by Gasteiger charge is -2.18. The molecule has 0 bridgehead atoms.